The molecule has 4 saturated carbocycles. The van der Waals surface area contributed by atoms with Gasteiger partial charge >= 0.3 is 0 Å². The SMILES string of the molecule is CC[C@]12CCC3C(C4CC4C4=C/C(=N/O)CC[C@@H]43)C1CC[C@@]21C=CCO1. The van der Waals surface area contributed by atoms with Crippen LogP contribution in [0.3, 0.4) is 0 Å². The van der Waals surface area contributed by atoms with Crippen molar-refractivity contribution in [3.8, 4) is 0 Å². The van der Waals surface area contributed by atoms with E-state index in [0.29, 0.717) is 5.41 Å². The van der Waals surface area contributed by atoms with Crippen molar-refractivity contribution in [1.82, 2.24) is 0 Å². The Kier molecular flexibility index (Phi) is 3.21. The van der Waals surface area contributed by atoms with Crippen LogP contribution in [-0.2, 0) is 4.74 Å². The summed E-state index contributed by atoms with van der Waals surface area (Å²) >= 11 is 0. The van der Waals surface area contributed by atoms with Gasteiger partial charge in [-0.2, -0.15) is 0 Å². The Hall–Kier alpha value is -1.09. The van der Waals surface area contributed by atoms with Crippen molar-refractivity contribution >= 4 is 5.71 Å². The van der Waals surface area contributed by atoms with Gasteiger partial charge < -0.3 is 9.94 Å². The van der Waals surface area contributed by atoms with Gasteiger partial charge in [-0.05, 0) is 93.0 Å². The van der Waals surface area contributed by atoms with Gasteiger partial charge in [0.25, 0.3) is 0 Å². The molecule has 5 unspecified atom stereocenters. The third-order valence-electron chi connectivity index (χ3n) is 9.60. The van der Waals surface area contributed by atoms with Crippen LogP contribution in [0.2, 0.25) is 0 Å². The van der Waals surface area contributed by atoms with Crippen LogP contribution in [0.1, 0.15) is 58.3 Å². The van der Waals surface area contributed by atoms with Gasteiger partial charge in [0.05, 0.1) is 17.9 Å². The molecular formula is C23H31NO2. The molecule has 3 heteroatoms. The summed E-state index contributed by atoms with van der Waals surface area (Å²) in [7, 11) is 0. The molecule has 1 spiro atoms. The zero-order valence-electron chi connectivity index (χ0n) is 15.9. The van der Waals surface area contributed by atoms with Crippen molar-refractivity contribution in [3.05, 3.63) is 23.8 Å². The van der Waals surface area contributed by atoms with Crippen molar-refractivity contribution in [2.45, 2.75) is 63.9 Å². The maximum atomic E-state index is 9.24. The molecule has 26 heavy (non-hydrogen) atoms. The maximum Gasteiger partial charge on any atom is 0.0926 e. The molecule has 8 atom stereocenters. The topological polar surface area (TPSA) is 41.8 Å². The van der Waals surface area contributed by atoms with E-state index in [-0.39, 0.29) is 5.60 Å². The van der Waals surface area contributed by atoms with Crippen LogP contribution < -0.4 is 0 Å². The van der Waals surface area contributed by atoms with E-state index in [1.807, 2.05) is 0 Å². The lowest BCUT2D eigenvalue weighted by atomic mass is 9.49. The Balaban J connectivity index is 1.39. The molecule has 1 N–H and O–H groups in total. The van der Waals surface area contributed by atoms with Crippen LogP contribution in [-0.4, -0.2) is 23.1 Å². The third kappa shape index (κ3) is 1.77. The lowest BCUT2D eigenvalue weighted by Gasteiger charge is -2.57. The molecule has 0 aromatic carbocycles. The normalized spacial score (nSPS) is 55.3. The van der Waals surface area contributed by atoms with Crippen molar-refractivity contribution < 1.29 is 9.94 Å². The van der Waals surface area contributed by atoms with Crippen LogP contribution in [0.15, 0.2) is 29.0 Å². The van der Waals surface area contributed by atoms with Crippen molar-refractivity contribution in [2.24, 2.45) is 46.1 Å². The Labute approximate surface area is 156 Å². The number of nitrogens with zero attached hydrogens (tertiary/aromatic N) is 1. The summed E-state index contributed by atoms with van der Waals surface area (Å²) in [4.78, 5) is 0. The molecule has 0 amide bonds. The number of ether oxygens (including phenoxy) is 1. The minimum absolute atomic E-state index is 0.0567. The van der Waals surface area contributed by atoms with E-state index in [9.17, 15) is 5.21 Å². The largest absolute Gasteiger partial charge is 0.411 e. The fourth-order valence-corrected chi connectivity index (χ4v) is 8.64. The highest BCUT2D eigenvalue weighted by Crippen LogP contribution is 2.73. The number of allylic oxidation sites excluding steroid dienone is 2. The predicted molar refractivity (Wildman–Crippen MR) is 101 cm³/mol. The molecule has 4 fully saturated rings. The number of oxime groups is 1. The molecular weight excluding hydrogens is 322 g/mol. The highest BCUT2D eigenvalue weighted by Gasteiger charge is 2.69. The van der Waals surface area contributed by atoms with Gasteiger partial charge in [0, 0.05) is 5.41 Å². The fraction of sp³-hybridized carbons (Fsp3) is 0.783. The van der Waals surface area contributed by atoms with Gasteiger partial charge in [-0.1, -0.05) is 29.8 Å². The minimum atomic E-state index is 0.0567. The molecule has 0 bridgehead atoms. The average Bonchev–Trinajstić information content (AvgIpc) is 3.24. The minimum Gasteiger partial charge on any atom is -0.411 e. The van der Waals surface area contributed by atoms with Gasteiger partial charge in [0.2, 0.25) is 0 Å². The second-order valence-corrected chi connectivity index (χ2v) is 9.92. The number of hydrogen-bond acceptors (Lipinski definition) is 3. The van der Waals surface area contributed by atoms with E-state index in [0.717, 1.165) is 54.2 Å². The standard InChI is InChI=1S/C23H31NO2/c1-2-22-9-6-16-15-5-4-14(24-25)12-17(15)18-13-19(18)21(16)20(22)7-10-23(22)8-3-11-26-23/h3,8,12,15-16,18-21,25H,2,4-7,9-11,13H2,1H3/b24-14+/t15-,16?,18?,19?,20?,21?,22+,23+/m1/s1. The molecule has 5 aliphatic carbocycles. The summed E-state index contributed by atoms with van der Waals surface area (Å²) in [6.07, 6.45) is 17.2. The van der Waals surface area contributed by atoms with Crippen LogP contribution >= 0.6 is 0 Å². The lowest BCUT2D eigenvalue weighted by Crippen LogP contribution is -2.54. The summed E-state index contributed by atoms with van der Waals surface area (Å²) in [6.45, 7) is 3.26. The Bertz CT molecular complexity index is 724. The van der Waals surface area contributed by atoms with Crippen LogP contribution in [0.25, 0.3) is 0 Å². The second kappa shape index (κ2) is 5.25. The molecule has 140 valence electrons. The van der Waals surface area contributed by atoms with Crippen molar-refractivity contribution in [3.63, 3.8) is 0 Å². The van der Waals surface area contributed by atoms with E-state index < -0.39 is 0 Å². The lowest BCUT2D eigenvalue weighted by molar-refractivity contribution is -0.125. The average molecular weight is 354 g/mol. The highest BCUT2D eigenvalue weighted by molar-refractivity contribution is 5.96. The van der Waals surface area contributed by atoms with E-state index in [2.05, 4.69) is 30.3 Å². The predicted octanol–water partition coefficient (Wildman–Crippen LogP) is 4.96. The fourth-order valence-electron chi connectivity index (χ4n) is 8.64. The smallest absolute Gasteiger partial charge is 0.0926 e. The zero-order chi connectivity index (χ0) is 17.5. The molecule has 1 heterocycles. The monoisotopic (exact) mass is 353 g/mol. The summed E-state index contributed by atoms with van der Waals surface area (Å²) in [5.74, 6) is 5.11. The maximum absolute atomic E-state index is 9.24. The summed E-state index contributed by atoms with van der Waals surface area (Å²) in [5.41, 5.74) is 3.02. The first kappa shape index (κ1) is 15.9. The van der Waals surface area contributed by atoms with E-state index in [1.54, 1.807) is 5.57 Å². The summed E-state index contributed by atoms with van der Waals surface area (Å²) in [6, 6.07) is 0. The van der Waals surface area contributed by atoms with Gasteiger partial charge in [-0.25, -0.2) is 0 Å². The zero-order valence-corrected chi connectivity index (χ0v) is 15.9. The van der Waals surface area contributed by atoms with Crippen LogP contribution in [0.5, 0.6) is 0 Å². The van der Waals surface area contributed by atoms with Crippen molar-refractivity contribution in [2.75, 3.05) is 6.61 Å². The first-order valence-electron chi connectivity index (χ1n) is 11.0. The number of hydrogen-bond donors (Lipinski definition) is 1. The van der Waals surface area contributed by atoms with Gasteiger partial charge in [-0.15, -0.1) is 0 Å². The molecule has 0 aromatic rings. The Morgan fingerprint density at radius 1 is 1.19 bits per heavy atom. The van der Waals surface area contributed by atoms with Crippen LogP contribution in [0, 0.1) is 40.9 Å². The first-order chi connectivity index (χ1) is 12.7. The number of fused-ring (bicyclic) bond motifs is 9. The first-order valence-corrected chi connectivity index (χ1v) is 11.0. The molecule has 6 aliphatic rings. The molecule has 0 aromatic heterocycles. The van der Waals surface area contributed by atoms with E-state index in [1.165, 1.54) is 44.9 Å². The molecule has 0 radical (unpaired) electrons. The van der Waals surface area contributed by atoms with E-state index in [4.69, 9.17) is 4.74 Å². The Morgan fingerprint density at radius 2 is 2.12 bits per heavy atom. The van der Waals surface area contributed by atoms with Gasteiger partial charge in [0.15, 0.2) is 0 Å². The summed E-state index contributed by atoms with van der Waals surface area (Å²) in [5, 5.41) is 12.8. The van der Waals surface area contributed by atoms with E-state index >= 15 is 0 Å². The quantitative estimate of drug-likeness (QED) is 0.411. The molecule has 1 aliphatic heterocycles. The van der Waals surface area contributed by atoms with Gasteiger partial charge in [-0.3, -0.25) is 0 Å². The Morgan fingerprint density at radius 3 is 2.88 bits per heavy atom. The molecule has 3 nitrogen and oxygen atoms in total. The third-order valence-corrected chi connectivity index (χ3v) is 9.60. The van der Waals surface area contributed by atoms with Crippen molar-refractivity contribution in [1.29, 1.82) is 0 Å². The van der Waals surface area contributed by atoms with Crippen LogP contribution in [0.4, 0.5) is 0 Å². The number of rotatable bonds is 1. The van der Waals surface area contributed by atoms with Gasteiger partial charge in [0.1, 0.15) is 0 Å². The highest BCUT2D eigenvalue weighted by atomic mass is 16.5. The second-order valence-electron chi connectivity index (χ2n) is 9.92. The summed E-state index contributed by atoms with van der Waals surface area (Å²) < 4.78 is 6.46. The molecule has 6 rings (SSSR count). The molecule has 0 saturated heterocycles.